The average molecular weight is 276 g/mol. The van der Waals surface area contributed by atoms with Crippen molar-refractivity contribution in [3.05, 3.63) is 24.3 Å². The molecule has 0 N–H and O–H groups in total. The van der Waals surface area contributed by atoms with Crippen LogP contribution in [0.1, 0.15) is 41.0 Å². The molecule has 0 aromatic heterocycles. The highest BCUT2D eigenvalue weighted by Crippen LogP contribution is 2.30. The molecule has 3 nitrogen and oxygen atoms in total. The van der Waals surface area contributed by atoms with Crippen LogP contribution in [-0.4, -0.2) is 20.0 Å². The molecule has 110 valence electrons. The van der Waals surface area contributed by atoms with Crippen LogP contribution in [0, 0.1) is 11.3 Å². The Hall–Kier alpha value is -0.995. The molecule has 0 bridgehead atoms. The van der Waals surface area contributed by atoms with Crippen LogP contribution in [0.4, 0.5) is 0 Å². The SMILES string of the molecule is CC[C@H](C)COc1ccc(B2OC(C(C)(C)C)O2)cc1. The lowest BCUT2D eigenvalue weighted by molar-refractivity contribution is -0.167. The molecule has 0 radical (unpaired) electrons. The fourth-order valence-corrected chi connectivity index (χ4v) is 1.88. The number of hydrogen-bond donors (Lipinski definition) is 0. The minimum atomic E-state index is -0.233. The molecule has 0 saturated carbocycles. The van der Waals surface area contributed by atoms with Crippen LogP contribution in [0.25, 0.3) is 0 Å². The molecular weight excluding hydrogens is 251 g/mol. The van der Waals surface area contributed by atoms with E-state index in [2.05, 4.69) is 34.6 Å². The molecule has 0 aliphatic carbocycles. The first-order chi connectivity index (χ1) is 9.40. The molecule has 1 aromatic rings. The third-order valence-corrected chi connectivity index (χ3v) is 3.59. The zero-order valence-corrected chi connectivity index (χ0v) is 13.2. The monoisotopic (exact) mass is 276 g/mol. The van der Waals surface area contributed by atoms with Gasteiger partial charge in [-0.15, -0.1) is 0 Å². The standard InChI is InChI=1S/C16H25BO3/c1-6-12(2)11-18-14-9-7-13(8-10-14)17-19-15(20-17)16(3,4)5/h7-10,12,15H,6,11H2,1-5H3/t12-/m0/s1. The fourth-order valence-electron chi connectivity index (χ4n) is 1.88. The maximum Gasteiger partial charge on any atom is 0.497 e. The summed E-state index contributed by atoms with van der Waals surface area (Å²) in [6, 6.07) is 7.98. The lowest BCUT2D eigenvalue weighted by atomic mass is 9.74. The van der Waals surface area contributed by atoms with Crippen LogP contribution in [-0.2, 0) is 9.31 Å². The van der Waals surface area contributed by atoms with Crippen molar-refractivity contribution in [2.24, 2.45) is 11.3 Å². The smallest absolute Gasteiger partial charge is 0.493 e. The summed E-state index contributed by atoms with van der Waals surface area (Å²) in [5, 5.41) is 0. The van der Waals surface area contributed by atoms with Gasteiger partial charge < -0.3 is 14.0 Å². The molecule has 1 fully saturated rings. The van der Waals surface area contributed by atoms with E-state index in [4.69, 9.17) is 14.0 Å². The van der Waals surface area contributed by atoms with Crippen LogP contribution in [0.5, 0.6) is 5.75 Å². The van der Waals surface area contributed by atoms with Gasteiger partial charge in [0.1, 0.15) is 12.0 Å². The van der Waals surface area contributed by atoms with E-state index in [0.717, 1.165) is 24.2 Å². The maximum atomic E-state index is 5.78. The Morgan fingerprint density at radius 3 is 2.30 bits per heavy atom. The number of hydrogen-bond acceptors (Lipinski definition) is 3. The summed E-state index contributed by atoms with van der Waals surface area (Å²) in [6.07, 6.45) is 1.02. The molecule has 0 amide bonds. The Kier molecular flexibility index (Phi) is 4.76. The van der Waals surface area contributed by atoms with Gasteiger partial charge in [0.15, 0.2) is 0 Å². The Balaban J connectivity index is 1.84. The van der Waals surface area contributed by atoms with E-state index in [-0.39, 0.29) is 18.8 Å². The molecule has 1 saturated heterocycles. The van der Waals surface area contributed by atoms with Gasteiger partial charge in [0.05, 0.1) is 6.61 Å². The molecule has 1 atom stereocenters. The molecule has 0 spiro atoms. The van der Waals surface area contributed by atoms with Crippen molar-refractivity contribution >= 4 is 12.6 Å². The van der Waals surface area contributed by atoms with Crippen molar-refractivity contribution < 1.29 is 14.0 Å². The molecule has 20 heavy (non-hydrogen) atoms. The quantitative estimate of drug-likeness (QED) is 0.773. The minimum Gasteiger partial charge on any atom is -0.493 e. The molecule has 2 rings (SSSR count). The van der Waals surface area contributed by atoms with Crippen molar-refractivity contribution in [2.45, 2.75) is 47.3 Å². The third-order valence-electron chi connectivity index (χ3n) is 3.59. The highest BCUT2D eigenvalue weighted by atomic mass is 16.8. The molecule has 1 aromatic carbocycles. The lowest BCUT2D eigenvalue weighted by Crippen LogP contribution is -2.57. The van der Waals surface area contributed by atoms with E-state index < -0.39 is 0 Å². The second kappa shape index (κ2) is 6.19. The maximum absolute atomic E-state index is 5.78. The summed E-state index contributed by atoms with van der Waals surface area (Å²) < 4.78 is 17.3. The second-order valence-electron chi connectivity index (χ2n) is 6.70. The molecule has 4 heteroatoms. The summed E-state index contributed by atoms with van der Waals surface area (Å²) in [5.41, 5.74) is 1.07. The predicted molar refractivity (Wildman–Crippen MR) is 82.2 cm³/mol. The van der Waals surface area contributed by atoms with E-state index >= 15 is 0 Å². The van der Waals surface area contributed by atoms with Crippen LogP contribution in [0.15, 0.2) is 24.3 Å². The number of rotatable bonds is 5. The highest BCUT2D eigenvalue weighted by molar-refractivity contribution is 6.62. The van der Waals surface area contributed by atoms with Crippen molar-refractivity contribution in [3.63, 3.8) is 0 Å². The Bertz CT molecular complexity index is 418. The summed E-state index contributed by atoms with van der Waals surface area (Å²) in [5.74, 6) is 1.49. The average Bonchev–Trinajstić information content (AvgIpc) is 2.34. The first kappa shape index (κ1) is 15.4. The van der Waals surface area contributed by atoms with E-state index in [9.17, 15) is 0 Å². The topological polar surface area (TPSA) is 27.7 Å². The molecular formula is C16H25BO3. The van der Waals surface area contributed by atoms with Crippen molar-refractivity contribution in [3.8, 4) is 5.75 Å². The van der Waals surface area contributed by atoms with Gasteiger partial charge in [0.25, 0.3) is 0 Å². The van der Waals surface area contributed by atoms with E-state index in [1.807, 2.05) is 24.3 Å². The first-order valence-corrected chi connectivity index (χ1v) is 7.44. The van der Waals surface area contributed by atoms with E-state index in [1.165, 1.54) is 0 Å². The Labute approximate surface area is 122 Å². The number of ether oxygens (including phenoxy) is 1. The fraction of sp³-hybridized carbons (Fsp3) is 0.625. The van der Waals surface area contributed by atoms with Gasteiger partial charge in [-0.2, -0.15) is 0 Å². The third kappa shape index (κ3) is 3.77. The Morgan fingerprint density at radius 1 is 1.20 bits per heavy atom. The Morgan fingerprint density at radius 2 is 1.80 bits per heavy atom. The highest BCUT2D eigenvalue weighted by Gasteiger charge is 2.44. The van der Waals surface area contributed by atoms with Gasteiger partial charge >= 0.3 is 7.12 Å². The van der Waals surface area contributed by atoms with E-state index in [0.29, 0.717) is 5.92 Å². The summed E-state index contributed by atoms with van der Waals surface area (Å²) in [4.78, 5) is 0. The zero-order valence-electron chi connectivity index (χ0n) is 13.2. The number of benzene rings is 1. The summed E-state index contributed by atoms with van der Waals surface area (Å²) in [7, 11) is -0.233. The molecule has 1 aliphatic rings. The van der Waals surface area contributed by atoms with Crippen molar-refractivity contribution in [1.29, 1.82) is 0 Å². The first-order valence-electron chi connectivity index (χ1n) is 7.44. The van der Waals surface area contributed by atoms with Gasteiger partial charge in [-0.05, 0) is 23.5 Å². The van der Waals surface area contributed by atoms with Gasteiger partial charge in [0.2, 0.25) is 0 Å². The second-order valence-corrected chi connectivity index (χ2v) is 6.70. The van der Waals surface area contributed by atoms with Gasteiger partial charge in [-0.25, -0.2) is 0 Å². The lowest BCUT2D eigenvalue weighted by Gasteiger charge is -2.42. The largest absolute Gasteiger partial charge is 0.497 e. The van der Waals surface area contributed by atoms with Gasteiger partial charge in [-0.1, -0.05) is 53.2 Å². The van der Waals surface area contributed by atoms with Crippen LogP contribution in [0.2, 0.25) is 0 Å². The van der Waals surface area contributed by atoms with Gasteiger partial charge in [0, 0.05) is 5.41 Å². The van der Waals surface area contributed by atoms with Crippen LogP contribution in [0.3, 0.4) is 0 Å². The van der Waals surface area contributed by atoms with Crippen molar-refractivity contribution in [2.75, 3.05) is 6.61 Å². The summed E-state index contributed by atoms with van der Waals surface area (Å²) in [6.45, 7) is 11.5. The van der Waals surface area contributed by atoms with Gasteiger partial charge in [-0.3, -0.25) is 0 Å². The molecule has 1 aliphatic heterocycles. The van der Waals surface area contributed by atoms with Crippen LogP contribution >= 0.6 is 0 Å². The summed E-state index contributed by atoms with van der Waals surface area (Å²) >= 11 is 0. The zero-order chi connectivity index (χ0) is 14.8. The molecule has 0 unspecified atom stereocenters. The van der Waals surface area contributed by atoms with E-state index in [1.54, 1.807) is 0 Å². The van der Waals surface area contributed by atoms with Crippen LogP contribution < -0.4 is 10.2 Å². The minimum absolute atomic E-state index is 0.0237. The predicted octanol–water partition coefficient (Wildman–Crippen LogP) is 3.23. The van der Waals surface area contributed by atoms with Crippen molar-refractivity contribution in [1.82, 2.24) is 0 Å². The molecule has 1 heterocycles. The normalized spacial score (nSPS) is 17.8.